The maximum Gasteiger partial charge on any atom is 0.229 e. The number of halogens is 2. The molecule has 172 valence electrons. The molecule has 0 aliphatic heterocycles. The van der Waals surface area contributed by atoms with Gasteiger partial charge in [-0.2, -0.15) is 0 Å². The van der Waals surface area contributed by atoms with Gasteiger partial charge in [0.1, 0.15) is 23.2 Å². The first kappa shape index (κ1) is 23.1. The summed E-state index contributed by atoms with van der Waals surface area (Å²) >= 11 is 6.25. The fourth-order valence-corrected chi connectivity index (χ4v) is 4.09. The molecule has 1 saturated carbocycles. The number of aryl methyl sites for hydroxylation is 2. The van der Waals surface area contributed by atoms with Gasteiger partial charge in [0.15, 0.2) is 5.75 Å². The molecule has 4 rings (SSSR count). The first-order chi connectivity index (χ1) is 15.8. The van der Waals surface area contributed by atoms with Crippen LogP contribution in [-0.4, -0.2) is 34.6 Å². The summed E-state index contributed by atoms with van der Waals surface area (Å²) in [6.45, 7) is 3.92. The standard InChI is InChI=1S/C24H24ClFN4O3/c1-14-7-22(28-10-19(14)26)30-23(31)18-9-24(18,16-5-4-6-17(25)8-16)13-33-21-11-27-15(2)29-20(21)12-32-3/h4-8,10-11,18H,9,12-13H2,1-3H3,(H,28,30,31)/t18?,24-/m1/s1. The molecule has 1 aromatic carbocycles. The van der Waals surface area contributed by atoms with Crippen LogP contribution in [-0.2, 0) is 21.6 Å². The smallest absolute Gasteiger partial charge is 0.229 e. The number of amides is 1. The number of methoxy groups -OCH3 is 1. The Morgan fingerprint density at radius 2 is 2.09 bits per heavy atom. The molecule has 0 saturated heterocycles. The number of pyridine rings is 1. The molecule has 0 radical (unpaired) electrons. The molecule has 2 atom stereocenters. The SMILES string of the molecule is COCc1nc(C)ncc1OC[C@@]1(c2cccc(Cl)c2)CC1C(=O)Nc1cc(C)c(F)cn1. The molecular formula is C24H24ClFN4O3. The fourth-order valence-electron chi connectivity index (χ4n) is 3.90. The van der Waals surface area contributed by atoms with Crippen LogP contribution in [0.4, 0.5) is 10.2 Å². The Morgan fingerprint density at radius 1 is 1.27 bits per heavy atom. The molecule has 2 aromatic heterocycles. The van der Waals surface area contributed by atoms with E-state index in [1.807, 2.05) is 18.2 Å². The zero-order chi connectivity index (χ0) is 23.6. The van der Waals surface area contributed by atoms with Gasteiger partial charge in [0.05, 0.1) is 31.5 Å². The van der Waals surface area contributed by atoms with E-state index in [0.717, 1.165) is 11.8 Å². The van der Waals surface area contributed by atoms with Gasteiger partial charge >= 0.3 is 0 Å². The van der Waals surface area contributed by atoms with Crippen LogP contribution in [0.3, 0.4) is 0 Å². The molecule has 3 aromatic rings. The highest BCUT2D eigenvalue weighted by Gasteiger charge is 2.60. The normalized spacial score (nSPS) is 19.2. The van der Waals surface area contributed by atoms with E-state index in [1.54, 1.807) is 33.2 Å². The molecule has 1 aliphatic rings. The Bertz CT molecular complexity index is 1190. The fraction of sp³-hybridized carbons (Fsp3) is 0.333. The summed E-state index contributed by atoms with van der Waals surface area (Å²) in [7, 11) is 1.58. The highest BCUT2D eigenvalue weighted by atomic mass is 35.5. The van der Waals surface area contributed by atoms with Gasteiger partial charge < -0.3 is 14.8 Å². The van der Waals surface area contributed by atoms with Gasteiger partial charge in [0, 0.05) is 17.5 Å². The van der Waals surface area contributed by atoms with Gasteiger partial charge in [0.2, 0.25) is 5.91 Å². The zero-order valence-electron chi connectivity index (χ0n) is 18.6. The van der Waals surface area contributed by atoms with E-state index in [1.165, 1.54) is 6.07 Å². The lowest BCUT2D eigenvalue weighted by atomic mass is 9.93. The van der Waals surface area contributed by atoms with Gasteiger partial charge in [-0.05, 0) is 49.6 Å². The number of hydrogen-bond donors (Lipinski definition) is 1. The van der Waals surface area contributed by atoms with Crippen molar-refractivity contribution in [2.75, 3.05) is 19.0 Å². The monoisotopic (exact) mass is 470 g/mol. The Morgan fingerprint density at radius 3 is 2.82 bits per heavy atom. The van der Waals surface area contributed by atoms with Gasteiger partial charge in [-0.3, -0.25) is 4.79 Å². The summed E-state index contributed by atoms with van der Waals surface area (Å²) in [6.07, 6.45) is 3.27. The summed E-state index contributed by atoms with van der Waals surface area (Å²) in [5.74, 6) is 0.416. The minimum Gasteiger partial charge on any atom is -0.489 e. The molecule has 1 aliphatic carbocycles. The molecule has 1 N–H and O–H groups in total. The van der Waals surface area contributed by atoms with Gasteiger partial charge in [-0.1, -0.05) is 23.7 Å². The quantitative estimate of drug-likeness (QED) is 0.525. The minimum atomic E-state index is -0.584. The van der Waals surface area contributed by atoms with E-state index in [2.05, 4.69) is 20.3 Å². The molecule has 2 heterocycles. The second-order valence-electron chi connectivity index (χ2n) is 8.18. The van der Waals surface area contributed by atoms with Crippen LogP contribution >= 0.6 is 11.6 Å². The Balaban J connectivity index is 1.58. The van der Waals surface area contributed by atoms with Crippen molar-refractivity contribution in [3.05, 3.63) is 76.2 Å². The third kappa shape index (κ3) is 4.96. The van der Waals surface area contributed by atoms with Crippen LogP contribution < -0.4 is 10.1 Å². The number of nitrogens with zero attached hydrogens (tertiary/aromatic N) is 3. The first-order valence-electron chi connectivity index (χ1n) is 10.5. The lowest BCUT2D eigenvalue weighted by Gasteiger charge is -2.20. The molecule has 9 heteroatoms. The van der Waals surface area contributed by atoms with E-state index in [9.17, 15) is 9.18 Å². The minimum absolute atomic E-state index is 0.214. The van der Waals surface area contributed by atoms with Crippen LogP contribution in [0, 0.1) is 25.6 Å². The topological polar surface area (TPSA) is 86.2 Å². The third-order valence-electron chi connectivity index (χ3n) is 5.81. The van der Waals surface area contributed by atoms with Crippen molar-refractivity contribution < 1.29 is 18.7 Å². The largest absolute Gasteiger partial charge is 0.489 e. The van der Waals surface area contributed by atoms with Crippen molar-refractivity contribution in [3.8, 4) is 5.75 Å². The number of carbonyl (C=O) groups is 1. The first-order valence-corrected chi connectivity index (χ1v) is 10.8. The summed E-state index contributed by atoms with van der Waals surface area (Å²) in [6, 6.07) is 8.92. The Kier molecular flexibility index (Phi) is 6.58. The van der Waals surface area contributed by atoms with E-state index in [0.29, 0.717) is 40.1 Å². The van der Waals surface area contributed by atoms with E-state index >= 15 is 0 Å². The summed E-state index contributed by atoms with van der Waals surface area (Å²) in [4.78, 5) is 25.7. The van der Waals surface area contributed by atoms with Crippen LogP contribution in [0.15, 0.2) is 42.7 Å². The highest BCUT2D eigenvalue weighted by molar-refractivity contribution is 6.30. The van der Waals surface area contributed by atoms with Crippen molar-refractivity contribution in [3.63, 3.8) is 0 Å². The molecule has 0 bridgehead atoms. The molecule has 33 heavy (non-hydrogen) atoms. The van der Waals surface area contributed by atoms with Crippen molar-refractivity contribution in [2.24, 2.45) is 5.92 Å². The van der Waals surface area contributed by atoms with Gasteiger partial charge in [0.25, 0.3) is 0 Å². The second-order valence-corrected chi connectivity index (χ2v) is 8.62. The number of anilines is 1. The summed E-state index contributed by atoms with van der Waals surface area (Å²) in [5, 5.41) is 3.37. The number of benzene rings is 1. The number of hydrogen-bond acceptors (Lipinski definition) is 6. The van der Waals surface area contributed by atoms with Crippen molar-refractivity contribution in [2.45, 2.75) is 32.3 Å². The molecule has 0 spiro atoms. The Hall–Kier alpha value is -3.10. The number of rotatable bonds is 8. The van der Waals surface area contributed by atoms with Crippen LogP contribution in [0.25, 0.3) is 0 Å². The van der Waals surface area contributed by atoms with E-state index < -0.39 is 11.2 Å². The second kappa shape index (κ2) is 9.41. The molecule has 7 nitrogen and oxygen atoms in total. The highest BCUT2D eigenvalue weighted by Crippen LogP contribution is 2.55. The lowest BCUT2D eigenvalue weighted by molar-refractivity contribution is -0.117. The summed E-state index contributed by atoms with van der Waals surface area (Å²) in [5.41, 5.74) is 1.36. The number of aromatic nitrogens is 3. The van der Waals surface area contributed by atoms with E-state index in [-0.39, 0.29) is 25.0 Å². The summed E-state index contributed by atoms with van der Waals surface area (Å²) < 4.78 is 24.9. The predicted octanol–water partition coefficient (Wildman–Crippen LogP) is 4.40. The number of nitrogens with one attached hydrogen (secondary N) is 1. The third-order valence-corrected chi connectivity index (χ3v) is 6.04. The van der Waals surface area contributed by atoms with Crippen molar-refractivity contribution >= 4 is 23.3 Å². The Labute approximate surface area is 196 Å². The van der Waals surface area contributed by atoms with Crippen LogP contribution in [0.5, 0.6) is 5.75 Å². The van der Waals surface area contributed by atoms with Crippen molar-refractivity contribution in [1.29, 1.82) is 0 Å². The number of carbonyl (C=O) groups excluding carboxylic acids is 1. The predicted molar refractivity (Wildman–Crippen MR) is 122 cm³/mol. The molecular weight excluding hydrogens is 447 g/mol. The van der Waals surface area contributed by atoms with Crippen LogP contribution in [0.1, 0.15) is 29.1 Å². The maximum absolute atomic E-state index is 13.5. The molecule has 1 amide bonds. The van der Waals surface area contributed by atoms with Gasteiger partial charge in [-0.15, -0.1) is 0 Å². The zero-order valence-corrected chi connectivity index (χ0v) is 19.3. The molecule has 1 unspecified atom stereocenters. The lowest BCUT2D eigenvalue weighted by Crippen LogP contribution is -2.27. The average molecular weight is 471 g/mol. The van der Waals surface area contributed by atoms with E-state index in [4.69, 9.17) is 21.1 Å². The van der Waals surface area contributed by atoms with Gasteiger partial charge in [-0.25, -0.2) is 19.3 Å². The van der Waals surface area contributed by atoms with Crippen LogP contribution in [0.2, 0.25) is 5.02 Å². The molecule has 1 fully saturated rings. The van der Waals surface area contributed by atoms with Crippen molar-refractivity contribution in [1.82, 2.24) is 15.0 Å². The number of ether oxygens (including phenoxy) is 2. The maximum atomic E-state index is 13.5. The average Bonchev–Trinajstić information content (AvgIpc) is 3.52.